The molecule has 6 heteroatoms. The average Bonchev–Trinajstić information content (AvgIpc) is 2.86. The van der Waals surface area contributed by atoms with E-state index in [4.69, 9.17) is 4.74 Å². The number of halogens is 1. The fourth-order valence-electron chi connectivity index (χ4n) is 1.66. The van der Waals surface area contributed by atoms with Crippen molar-refractivity contribution in [3.05, 3.63) is 45.6 Å². The van der Waals surface area contributed by atoms with Gasteiger partial charge in [-0.05, 0) is 34.6 Å². The zero-order valence-electron chi connectivity index (χ0n) is 10.5. The monoisotopic (exact) mass is 376 g/mol. The lowest BCUT2D eigenvalue weighted by molar-refractivity contribution is 0.398. The van der Waals surface area contributed by atoms with Gasteiger partial charge in [-0.25, -0.2) is 15.0 Å². The molecule has 0 fully saturated rings. The maximum atomic E-state index is 5.06. The highest BCUT2D eigenvalue weighted by Gasteiger charge is 2.03. The molecule has 5 nitrogen and oxygen atoms in total. The van der Waals surface area contributed by atoms with E-state index in [0.29, 0.717) is 11.6 Å². The first-order chi connectivity index (χ1) is 9.76. The summed E-state index contributed by atoms with van der Waals surface area (Å²) in [6.45, 7) is 0. The normalized spacial score (nSPS) is 10.1. The molecule has 20 heavy (non-hydrogen) atoms. The number of methoxy groups -OCH3 is 1. The van der Waals surface area contributed by atoms with Crippen molar-refractivity contribution in [1.29, 1.82) is 0 Å². The van der Waals surface area contributed by atoms with Gasteiger partial charge in [0.25, 0.3) is 0 Å². The molecule has 0 amide bonds. The number of H-pyrrole nitrogens is 1. The molecule has 0 aliphatic rings. The summed E-state index contributed by atoms with van der Waals surface area (Å²) in [4.78, 5) is 15.8. The van der Waals surface area contributed by atoms with Gasteiger partial charge in [-0.15, -0.1) is 0 Å². The van der Waals surface area contributed by atoms with E-state index < -0.39 is 0 Å². The molecular formula is C14H9IN4O. The third kappa shape index (κ3) is 2.58. The Bertz CT molecular complexity index is 832. The van der Waals surface area contributed by atoms with Gasteiger partial charge in [0.1, 0.15) is 11.2 Å². The average molecular weight is 376 g/mol. The van der Waals surface area contributed by atoms with Crippen LogP contribution in [0.2, 0.25) is 0 Å². The Kier molecular flexibility index (Phi) is 3.52. The molecule has 0 saturated carbocycles. The SMILES string of the molecule is COc1cc(C#Cc2cnc3[nH]cc(I)c3n2)ccn1. The summed E-state index contributed by atoms with van der Waals surface area (Å²) < 4.78 is 6.09. The maximum absolute atomic E-state index is 5.06. The molecule has 3 aromatic heterocycles. The fourth-order valence-corrected chi connectivity index (χ4v) is 2.19. The first kappa shape index (κ1) is 12.9. The lowest BCUT2D eigenvalue weighted by Gasteiger charge is -1.97. The number of aromatic nitrogens is 4. The molecule has 98 valence electrons. The number of rotatable bonds is 1. The van der Waals surface area contributed by atoms with Gasteiger partial charge in [0.15, 0.2) is 5.65 Å². The van der Waals surface area contributed by atoms with Crippen LogP contribution in [0.3, 0.4) is 0 Å². The molecular weight excluding hydrogens is 367 g/mol. The van der Waals surface area contributed by atoms with Crippen LogP contribution in [-0.2, 0) is 0 Å². The summed E-state index contributed by atoms with van der Waals surface area (Å²) in [7, 11) is 1.58. The standard InChI is InChI=1S/C14H9IN4O/c1-20-12-6-9(4-5-16-12)2-3-10-7-17-14-13(19-10)11(15)8-18-14/h4-8H,1H3,(H,17,18). The second-order valence-corrected chi connectivity index (χ2v) is 5.09. The van der Waals surface area contributed by atoms with Gasteiger partial charge in [0, 0.05) is 24.0 Å². The number of fused-ring (bicyclic) bond motifs is 1. The Morgan fingerprint density at radius 2 is 2.20 bits per heavy atom. The predicted molar refractivity (Wildman–Crippen MR) is 83.4 cm³/mol. The zero-order chi connectivity index (χ0) is 13.9. The minimum absolute atomic E-state index is 0.540. The van der Waals surface area contributed by atoms with Crippen molar-refractivity contribution >= 4 is 33.8 Å². The molecule has 1 N–H and O–H groups in total. The van der Waals surface area contributed by atoms with Crippen molar-refractivity contribution in [2.45, 2.75) is 0 Å². The van der Waals surface area contributed by atoms with Crippen LogP contribution in [0, 0.1) is 15.4 Å². The van der Waals surface area contributed by atoms with E-state index in [0.717, 1.165) is 20.3 Å². The molecule has 3 rings (SSSR count). The molecule has 0 radical (unpaired) electrons. The maximum Gasteiger partial charge on any atom is 0.214 e. The summed E-state index contributed by atoms with van der Waals surface area (Å²) in [5.41, 5.74) is 3.06. The lowest BCUT2D eigenvalue weighted by atomic mass is 10.2. The van der Waals surface area contributed by atoms with Crippen molar-refractivity contribution in [2.24, 2.45) is 0 Å². The van der Waals surface area contributed by atoms with Crippen LogP contribution >= 0.6 is 22.6 Å². The molecule has 0 saturated heterocycles. The molecule has 0 aliphatic heterocycles. The van der Waals surface area contributed by atoms with Gasteiger partial charge in [-0.2, -0.15) is 0 Å². The predicted octanol–water partition coefficient (Wildman–Crippen LogP) is 2.37. The van der Waals surface area contributed by atoms with E-state index in [9.17, 15) is 0 Å². The minimum atomic E-state index is 0.540. The minimum Gasteiger partial charge on any atom is -0.481 e. The Labute approximate surface area is 129 Å². The summed E-state index contributed by atoms with van der Waals surface area (Å²) >= 11 is 2.21. The number of hydrogen-bond donors (Lipinski definition) is 1. The number of ether oxygens (including phenoxy) is 1. The van der Waals surface area contributed by atoms with Crippen LogP contribution in [0.4, 0.5) is 0 Å². The lowest BCUT2D eigenvalue weighted by Crippen LogP contribution is -1.89. The highest BCUT2D eigenvalue weighted by molar-refractivity contribution is 14.1. The first-order valence-electron chi connectivity index (χ1n) is 5.78. The Balaban J connectivity index is 1.96. The molecule has 0 aromatic carbocycles. The summed E-state index contributed by atoms with van der Waals surface area (Å²) in [5, 5.41) is 0. The Hall–Kier alpha value is -2.14. The van der Waals surface area contributed by atoms with Crippen molar-refractivity contribution in [1.82, 2.24) is 19.9 Å². The number of nitrogens with one attached hydrogen (secondary N) is 1. The van der Waals surface area contributed by atoms with Crippen LogP contribution in [0.5, 0.6) is 5.88 Å². The number of hydrogen-bond acceptors (Lipinski definition) is 4. The zero-order valence-corrected chi connectivity index (χ0v) is 12.7. The number of nitrogens with zero attached hydrogens (tertiary/aromatic N) is 3. The van der Waals surface area contributed by atoms with E-state index in [1.165, 1.54) is 0 Å². The second kappa shape index (κ2) is 5.46. The topological polar surface area (TPSA) is 63.7 Å². The van der Waals surface area contributed by atoms with E-state index in [2.05, 4.69) is 54.4 Å². The van der Waals surface area contributed by atoms with E-state index in [-0.39, 0.29) is 0 Å². The van der Waals surface area contributed by atoms with Crippen LogP contribution in [0.25, 0.3) is 11.2 Å². The molecule has 3 aromatic rings. The van der Waals surface area contributed by atoms with Gasteiger partial charge >= 0.3 is 0 Å². The van der Waals surface area contributed by atoms with Gasteiger partial charge < -0.3 is 9.72 Å². The Morgan fingerprint density at radius 3 is 3.05 bits per heavy atom. The van der Waals surface area contributed by atoms with Crippen molar-refractivity contribution in [3.63, 3.8) is 0 Å². The molecule has 0 aliphatic carbocycles. The fraction of sp³-hybridized carbons (Fsp3) is 0.0714. The molecule has 0 atom stereocenters. The third-order valence-electron chi connectivity index (χ3n) is 2.61. The van der Waals surface area contributed by atoms with Crippen molar-refractivity contribution < 1.29 is 4.74 Å². The number of aromatic amines is 1. The van der Waals surface area contributed by atoms with E-state index in [1.54, 1.807) is 25.6 Å². The van der Waals surface area contributed by atoms with Crippen molar-refractivity contribution in [2.75, 3.05) is 7.11 Å². The summed E-state index contributed by atoms with van der Waals surface area (Å²) in [6, 6.07) is 3.60. The second-order valence-electron chi connectivity index (χ2n) is 3.93. The summed E-state index contributed by atoms with van der Waals surface area (Å²) in [6.07, 6.45) is 5.18. The Morgan fingerprint density at radius 1 is 1.30 bits per heavy atom. The van der Waals surface area contributed by atoms with Gasteiger partial charge in [0.2, 0.25) is 5.88 Å². The summed E-state index contributed by atoms with van der Waals surface area (Å²) in [5.74, 6) is 6.56. The molecule has 0 bridgehead atoms. The highest BCUT2D eigenvalue weighted by atomic mass is 127. The van der Waals surface area contributed by atoms with Gasteiger partial charge in [-0.3, -0.25) is 0 Å². The van der Waals surface area contributed by atoms with Crippen LogP contribution in [-0.4, -0.2) is 27.0 Å². The van der Waals surface area contributed by atoms with Gasteiger partial charge in [0.05, 0.1) is 16.9 Å². The smallest absolute Gasteiger partial charge is 0.214 e. The van der Waals surface area contributed by atoms with Crippen LogP contribution in [0.1, 0.15) is 11.3 Å². The molecule has 3 heterocycles. The quantitative estimate of drug-likeness (QED) is 0.523. The third-order valence-corrected chi connectivity index (χ3v) is 3.44. The van der Waals surface area contributed by atoms with E-state index >= 15 is 0 Å². The largest absolute Gasteiger partial charge is 0.481 e. The molecule has 0 spiro atoms. The van der Waals surface area contributed by atoms with E-state index in [1.807, 2.05) is 12.3 Å². The molecule has 0 unspecified atom stereocenters. The van der Waals surface area contributed by atoms with Crippen molar-refractivity contribution in [3.8, 4) is 17.7 Å². The first-order valence-corrected chi connectivity index (χ1v) is 6.86. The van der Waals surface area contributed by atoms with Gasteiger partial charge in [-0.1, -0.05) is 5.92 Å². The van der Waals surface area contributed by atoms with Crippen LogP contribution < -0.4 is 4.74 Å². The highest BCUT2D eigenvalue weighted by Crippen LogP contribution is 2.15. The van der Waals surface area contributed by atoms with Crippen LogP contribution in [0.15, 0.2) is 30.7 Å². The number of pyridine rings is 1.